The summed E-state index contributed by atoms with van der Waals surface area (Å²) in [6.45, 7) is 8.45. The van der Waals surface area contributed by atoms with Crippen molar-refractivity contribution in [3.05, 3.63) is 62.9 Å². The molecule has 0 heterocycles. The molecular weight excluding hydrogens is 317 g/mol. The predicted molar refractivity (Wildman–Crippen MR) is 86.8 cm³/mol. The van der Waals surface area contributed by atoms with Crippen molar-refractivity contribution in [2.45, 2.75) is 33.7 Å². The second-order valence-corrected chi connectivity index (χ2v) is 6.16. The lowest BCUT2D eigenvalue weighted by Crippen LogP contribution is -2.10. The second-order valence-electron chi connectivity index (χ2n) is 5.31. The fourth-order valence-corrected chi connectivity index (χ4v) is 3.03. The van der Waals surface area contributed by atoms with Crippen LogP contribution in [0.4, 0.5) is 10.1 Å². The van der Waals surface area contributed by atoms with E-state index in [4.69, 9.17) is 0 Å². The van der Waals surface area contributed by atoms with Gasteiger partial charge in [-0.25, -0.2) is 4.39 Å². The number of benzene rings is 2. The summed E-state index contributed by atoms with van der Waals surface area (Å²) in [5.41, 5.74) is 5.86. The molecule has 0 spiro atoms. The highest BCUT2D eigenvalue weighted by Crippen LogP contribution is 2.28. The third kappa shape index (κ3) is 3.21. The largest absolute Gasteiger partial charge is 0.378 e. The summed E-state index contributed by atoms with van der Waals surface area (Å²) < 4.78 is 14.0. The molecule has 0 bridgehead atoms. The molecule has 0 aromatic heterocycles. The zero-order valence-electron chi connectivity index (χ0n) is 12.2. The molecular formula is C17H19BrFN. The van der Waals surface area contributed by atoms with Crippen molar-refractivity contribution < 1.29 is 4.39 Å². The molecule has 0 fully saturated rings. The number of hydrogen-bond acceptors (Lipinski definition) is 1. The minimum atomic E-state index is -0.250. The third-order valence-electron chi connectivity index (χ3n) is 3.47. The highest BCUT2D eigenvalue weighted by molar-refractivity contribution is 9.10. The Labute approximate surface area is 128 Å². The average molecular weight is 336 g/mol. The standard InChI is InChI=1S/C17H19BrFN/c1-10-7-11(2)17(12(3)8-10)13(4)20-14-5-6-15(18)16(19)9-14/h5-9,13,20H,1-4H3. The van der Waals surface area contributed by atoms with Gasteiger partial charge >= 0.3 is 0 Å². The molecule has 2 aromatic carbocycles. The van der Waals surface area contributed by atoms with E-state index in [1.165, 1.54) is 28.3 Å². The summed E-state index contributed by atoms with van der Waals surface area (Å²) in [6, 6.07) is 9.61. The van der Waals surface area contributed by atoms with Crippen LogP contribution in [0.3, 0.4) is 0 Å². The fourth-order valence-electron chi connectivity index (χ4n) is 2.78. The molecule has 1 nitrogen and oxygen atoms in total. The summed E-state index contributed by atoms with van der Waals surface area (Å²) in [5, 5.41) is 3.37. The maximum Gasteiger partial charge on any atom is 0.139 e. The third-order valence-corrected chi connectivity index (χ3v) is 4.12. The van der Waals surface area contributed by atoms with Crippen molar-refractivity contribution in [2.24, 2.45) is 0 Å². The van der Waals surface area contributed by atoms with Crippen LogP contribution in [0, 0.1) is 26.6 Å². The van der Waals surface area contributed by atoms with Gasteiger partial charge in [-0.2, -0.15) is 0 Å². The van der Waals surface area contributed by atoms with E-state index in [0.29, 0.717) is 4.47 Å². The minimum absolute atomic E-state index is 0.135. The summed E-state index contributed by atoms with van der Waals surface area (Å²) in [6.07, 6.45) is 0. The molecule has 0 aliphatic carbocycles. The van der Waals surface area contributed by atoms with Crippen molar-refractivity contribution in [3.8, 4) is 0 Å². The predicted octanol–water partition coefficient (Wildman–Crippen LogP) is 5.69. The lowest BCUT2D eigenvalue weighted by atomic mass is 9.95. The van der Waals surface area contributed by atoms with Gasteiger partial charge in [-0.3, -0.25) is 0 Å². The van der Waals surface area contributed by atoms with Gasteiger partial charge in [0, 0.05) is 11.7 Å². The van der Waals surface area contributed by atoms with Gasteiger partial charge in [0.2, 0.25) is 0 Å². The first-order valence-corrected chi connectivity index (χ1v) is 7.47. The Bertz CT molecular complexity index is 614. The van der Waals surface area contributed by atoms with E-state index < -0.39 is 0 Å². The second kappa shape index (κ2) is 5.96. The molecule has 1 atom stereocenters. The molecule has 2 aromatic rings. The van der Waals surface area contributed by atoms with Crippen LogP contribution in [0.2, 0.25) is 0 Å². The molecule has 0 saturated carbocycles. The summed E-state index contributed by atoms with van der Waals surface area (Å²) in [4.78, 5) is 0. The van der Waals surface area contributed by atoms with Crippen LogP contribution in [0.5, 0.6) is 0 Å². The number of anilines is 1. The lowest BCUT2D eigenvalue weighted by Gasteiger charge is -2.21. The minimum Gasteiger partial charge on any atom is -0.378 e. The fraction of sp³-hybridized carbons (Fsp3) is 0.294. The summed E-state index contributed by atoms with van der Waals surface area (Å²) in [7, 11) is 0. The van der Waals surface area contributed by atoms with Gasteiger partial charge in [-0.1, -0.05) is 17.7 Å². The van der Waals surface area contributed by atoms with E-state index in [1.807, 2.05) is 6.07 Å². The smallest absolute Gasteiger partial charge is 0.139 e. The normalized spacial score (nSPS) is 12.3. The summed E-state index contributed by atoms with van der Waals surface area (Å²) >= 11 is 3.17. The van der Waals surface area contributed by atoms with Gasteiger partial charge in [0.15, 0.2) is 0 Å². The highest BCUT2D eigenvalue weighted by Gasteiger charge is 2.12. The Kier molecular flexibility index (Phi) is 4.48. The summed E-state index contributed by atoms with van der Waals surface area (Å²) in [5.74, 6) is -0.250. The van der Waals surface area contributed by atoms with E-state index in [0.717, 1.165) is 5.69 Å². The van der Waals surface area contributed by atoms with Crippen LogP contribution in [0.25, 0.3) is 0 Å². The Morgan fingerprint density at radius 2 is 1.65 bits per heavy atom. The Hall–Kier alpha value is -1.35. The molecule has 3 heteroatoms. The molecule has 0 aliphatic rings. The molecule has 0 amide bonds. The Morgan fingerprint density at radius 1 is 1.05 bits per heavy atom. The highest BCUT2D eigenvalue weighted by atomic mass is 79.9. The topological polar surface area (TPSA) is 12.0 Å². The number of rotatable bonds is 3. The number of hydrogen-bond donors (Lipinski definition) is 1. The van der Waals surface area contributed by atoms with Gasteiger partial charge in [-0.05, 0) is 78.5 Å². The molecule has 1 N–H and O–H groups in total. The van der Waals surface area contributed by atoms with E-state index in [1.54, 1.807) is 6.07 Å². The SMILES string of the molecule is Cc1cc(C)c(C(C)Nc2ccc(Br)c(F)c2)c(C)c1. The van der Waals surface area contributed by atoms with Crippen LogP contribution >= 0.6 is 15.9 Å². The van der Waals surface area contributed by atoms with Gasteiger partial charge in [0.25, 0.3) is 0 Å². The Balaban J connectivity index is 2.28. The van der Waals surface area contributed by atoms with Crippen molar-refractivity contribution >= 4 is 21.6 Å². The first-order valence-electron chi connectivity index (χ1n) is 6.68. The average Bonchev–Trinajstić information content (AvgIpc) is 2.32. The van der Waals surface area contributed by atoms with Crippen LogP contribution in [-0.2, 0) is 0 Å². The molecule has 0 radical (unpaired) electrons. The zero-order chi connectivity index (χ0) is 14.9. The quantitative estimate of drug-likeness (QED) is 0.760. The molecule has 0 aliphatic heterocycles. The van der Waals surface area contributed by atoms with Crippen LogP contribution < -0.4 is 5.32 Å². The van der Waals surface area contributed by atoms with Crippen molar-refractivity contribution in [1.29, 1.82) is 0 Å². The van der Waals surface area contributed by atoms with Crippen LogP contribution in [-0.4, -0.2) is 0 Å². The molecule has 1 unspecified atom stereocenters. The van der Waals surface area contributed by atoms with E-state index >= 15 is 0 Å². The maximum absolute atomic E-state index is 13.6. The molecule has 106 valence electrons. The Morgan fingerprint density at radius 3 is 2.20 bits per heavy atom. The van der Waals surface area contributed by atoms with E-state index in [-0.39, 0.29) is 11.9 Å². The number of nitrogens with one attached hydrogen (secondary N) is 1. The monoisotopic (exact) mass is 335 g/mol. The first-order chi connectivity index (χ1) is 9.38. The van der Waals surface area contributed by atoms with Gasteiger partial charge in [0.1, 0.15) is 5.82 Å². The van der Waals surface area contributed by atoms with E-state index in [9.17, 15) is 4.39 Å². The lowest BCUT2D eigenvalue weighted by molar-refractivity contribution is 0.621. The van der Waals surface area contributed by atoms with Crippen molar-refractivity contribution in [1.82, 2.24) is 0 Å². The number of aryl methyl sites for hydroxylation is 3. The van der Waals surface area contributed by atoms with E-state index in [2.05, 4.69) is 61.1 Å². The van der Waals surface area contributed by atoms with Gasteiger partial charge in [0.05, 0.1) is 4.47 Å². The van der Waals surface area contributed by atoms with Crippen molar-refractivity contribution in [2.75, 3.05) is 5.32 Å². The van der Waals surface area contributed by atoms with Crippen molar-refractivity contribution in [3.63, 3.8) is 0 Å². The molecule has 2 rings (SSSR count). The van der Waals surface area contributed by atoms with Crippen LogP contribution in [0.1, 0.15) is 35.2 Å². The molecule has 0 saturated heterocycles. The zero-order valence-corrected chi connectivity index (χ0v) is 13.8. The molecule has 20 heavy (non-hydrogen) atoms. The van der Waals surface area contributed by atoms with Gasteiger partial charge in [-0.15, -0.1) is 0 Å². The van der Waals surface area contributed by atoms with Crippen LogP contribution in [0.15, 0.2) is 34.8 Å². The van der Waals surface area contributed by atoms with Gasteiger partial charge < -0.3 is 5.32 Å². The maximum atomic E-state index is 13.6. The first kappa shape index (κ1) is 15.0. The number of halogens is 2.